The molecule has 0 aliphatic rings. The highest BCUT2D eigenvalue weighted by molar-refractivity contribution is 7.13. The van der Waals surface area contributed by atoms with Crippen LogP contribution in [0.3, 0.4) is 0 Å². The number of amides is 1. The molecule has 1 heterocycles. The molecule has 90 valence electrons. The third-order valence-electron chi connectivity index (χ3n) is 1.85. The first-order chi connectivity index (χ1) is 7.77. The molecule has 0 aliphatic carbocycles. The standard InChI is InChI=1S/C10H17N3O2S/c1-3-4-11-9(14)8-7-16-10(13-8)12-5-6-15-2/h7H,3-6H2,1-2H3,(H,11,14)(H,12,13). The van der Waals surface area contributed by atoms with Crippen molar-refractivity contribution in [3.05, 3.63) is 11.1 Å². The lowest BCUT2D eigenvalue weighted by Gasteiger charge is -2.00. The van der Waals surface area contributed by atoms with Gasteiger partial charge in [-0.3, -0.25) is 4.79 Å². The Bertz CT molecular complexity index is 328. The van der Waals surface area contributed by atoms with Crippen LogP contribution in [-0.2, 0) is 4.74 Å². The van der Waals surface area contributed by atoms with Crippen LogP contribution in [0.15, 0.2) is 5.38 Å². The van der Waals surface area contributed by atoms with E-state index in [1.807, 2.05) is 6.92 Å². The number of hydrogen-bond donors (Lipinski definition) is 2. The van der Waals surface area contributed by atoms with Crippen LogP contribution >= 0.6 is 11.3 Å². The minimum absolute atomic E-state index is 0.113. The Morgan fingerprint density at radius 2 is 2.38 bits per heavy atom. The predicted molar refractivity (Wildman–Crippen MR) is 65.1 cm³/mol. The fourth-order valence-electron chi connectivity index (χ4n) is 1.05. The normalized spacial score (nSPS) is 10.1. The van der Waals surface area contributed by atoms with E-state index >= 15 is 0 Å². The number of thiazole rings is 1. The van der Waals surface area contributed by atoms with Gasteiger partial charge in [-0.25, -0.2) is 4.98 Å². The van der Waals surface area contributed by atoms with Crippen molar-refractivity contribution < 1.29 is 9.53 Å². The van der Waals surface area contributed by atoms with E-state index in [2.05, 4.69) is 15.6 Å². The first-order valence-electron chi connectivity index (χ1n) is 5.24. The van der Waals surface area contributed by atoms with Gasteiger partial charge in [-0.2, -0.15) is 0 Å². The summed E-state index contributed by atoms with van der Waals surface area (Å²) in [6.45, 7) is 4.01. The molecule has 1 aromatic heterocycles. The van der Waals surface area contributed by atoms with E-state index in [0.717, 1.165) is 11.6 Å². The number of hydrogen-bond acceptors (Lipinski definition) is 5. The maximum atomic E-state index is 11.5. The van der Waals surface area contributed by atoms with Crippen molar-refractivity contribution in [3.8, 4) is 0 Å². The second kappa shape index (κ2) is 7.19. The van der Waals surface area contributed by atoms with E-state index in [9.17, 15) is 4.79 Å². The maximum absolute atomic E-state index is 11.5. The number of aromatic nitrogens is 1. The molecule has 1 amide bonds. The quantitative estimate of drug-likeness (QED) is 0.709. The average molecular weight is 243 g/mol. The van der Waals surface area contributed by atoms with Crippen molar-refractivity contribution >= 4 is 22.4 Å². The third-order valence-corrected chi connectivity index (χ3v) is 2.65. The molecule has 1 aromatic rings. The van der Waals surface area contributed by atoms with Crippen molar-refractivity contribution in [2.75, 3.05) is 32.1 Å². The van der Waals surface area contributed by atoms with Crippen molar-refractivity contribution in [2.24, 2.45) is 0 Å². The number of nitrogens with zero attached hydrogens (tertiary/aromatic N) is 1. The molecule has 6 heteroatoms. The summed E-state index contributed by atoms with van der Waals surface area (Å²) in [6.07, 6.45) is 0.925. The predicted octanol–water partition coefficient (Wildman–Crippen LogP) is 1.34. The Balaban J connectivity index is 2.41. The molecule has 0 saturated carbocycles. The summed E-state index contributed by atoms with van der Waals surface area (Å²) in [5.74, 6) is -0.113. The van der Waals surface area contributed by atoms with Crippen molar-refractivity contribution in [2.45, 2.75) is 13.3 Å². The molecule has 5 nitrogen and oxygen atoms in total. The van der Waals surface area contributed by atoms with E-state index in [1.165, 1.54) is 11.3 Å². The van der Waals surface area contributed by atoms with E-state index in [0.29, 0.717) is 25.4 Å². The van der Waals surface area contributed by atoms with Gasteiger partial charge in [-0.1, -0.05) is 6.92 Å². The molecule has 0 fully saturated rings. The van der Waals surface area contributed by atoms with Crippen molar-refractivity contribution in [3.63, 3.8) is 0 Å². The molecule has 0 unspecified atom stereocenters. The third kappa shape index (κ3) is 4.16. The molecule has 0 aromatic carbocycles. The summed E-state index contributed by atoms with van der Waals surface area (Å²) in [6, 6.07) is 0. The van der Waals surface area contributed by atoms with Crippen LogP contribution in [-0.4, -0.2) is 37.7 Å². The van der Waals surface area contributed by atoms with Gasteiger partial charge in [0.1, 0.15) is 5.69 Å². The highest BCUT2D eigenvalue weighted by Crippen LogP contribution is 2.14. The van der Waals surface area contributed by atoms with Gasteiger partial charge >= 0.3 is 0 Å². The smallest absolute Gasteiger partial charge is 0.270 e. The number of rotatable bonds is 7. The molecular formula is C10H17N3O2S. The van der Waals surface area contributed by atoms with Gasteiger partial charge in [0.25, 0.3) is 5.91 Å². The van der Waals surface area contributed by atoms with E-state index in [4.69, 9.17) is 4.74 Å². The molecule has 0 spiro atoms. The molecule has 1 rings (SSSR count). The highest BCUT2D eigenvalue weighted by atomic mass is 32.1. The second-order valence-corrected chi connectivity index (χ2v) is 4.07. The Labute approximate surface area is 99.2 Å². The SMILES string of the molecule is CCCNC(=O)c1csc(NCCOC)n1. The number of carbonyl (C=O) groups is 1. The molecule has 2 N–H and O–H groups in total. The minimum Gasteiger partial charge on any atom is -0.383 e. The van der Waals surface area contributed by atoms with Crippen LogP contribution in [0.5, 0.6) is 0 Å². The molecule has 0 aliphatic heterocycles. The van der Waals surface area contributed by atoms with E-state index in [1.54, 1.807) is 12.5 Å². The van der Waals surface area contributed by atoms with Crippen molar-refractivity contribution in [1.82, 2.24) is 10.3 Å². The summed E-state index contributed by atoms with van der Waals surface area (Å²) >= 11 is 1.42. The van der Waals surface area contributed by atoms with Crippen LogP contribution in [0.1, 0.15) is 23.8 Å². The maximum Gasteiger partial charge on any atom is 0.270 e. The summed E-state index contributed by atoms with van der Waals surface area (Å²) in [4.78, 5) is 15.7. The summed E-state index contributed by atoms with van der Waals surface area (Å²) in [7, 11) is 1.65. The Kier molecular flexibility index (Phi) is 5.81. The summed E-state index contributed by atoms with van der Waals surface area (Å²) < 4.78 is 4.91. The number of ether oxygens (including phenoxy) is 1. The molecule has 0 atom stereocenters. The largest absolute Gasteiger partial charge is 0.383 e. The van der Waals surface area contributed by atoms with Crippen molar-refractivity contribution in [1.29, 1.82) is 0 Å². The summed E-state index contributed by atoms with van der Waals surface area (Å²) in [5, 5.41) is 8.36. The topological polar surface area (TPSA) is 63.2 Å². The number of methoxy groups -OCH3 is 1. The fraction of sp³-hybridized carbons (Fsp3) is 0.600. The zero-order valence-corrected chi connectivity index (χ0v) is 10.4. The van der Waals surface area contributed by atoms with Gasteiger partial charge in [-0.15, -0.1) is 11.3 Å². The lowest BCUT2D eigenvalue weighted by Crippen LogP contribution is -2.24. The lowest BCUT2D eigenvalue weighted by atomic mass is 10.4. The van der Waals surface area contributed by atoms with Crippen LogP contribution in [0.4, 0.5) is 5.13 Å². The van der Waals surface area contributed by atoms with Gasteiger partial charge in [0.15, 0.2) is 5.13 Å². The molecule has 0 saturated heterocycles. The van der Waals surface area contributed by atoms with Crippen LogP contribution < -0.4 is 10.6 Å². The highest BCUT2D eigenvalue weighted by Gasteiger charge is 2.09. The Hall–Kier alpha value is -1.14. The van der Waals surface area contributed by atoms with Crippen LogP contribution in [0.2, 0.25) is 0 Å². The Morgan fingerprint density at radius 1 is 1.56 bits per heavy atom. The minimum atomic E-state index is -0.113. The fourth-order valence-corrected chi connectivity index (χ4v) is 1.77. The Morgan fingerprint density at radius 3 is 3.06 bits per heavy atom. The average Bonchev–Trinajstić information content (AvgIpc) is 2.75. The van der Waals surface area contributed by atoms with Gasteiger partial charge < -0.3 is 15.4 Å². The van der Waals surface area contributed by atoms with E-state index in [-0.39, 0.29) is 5.91 Å². The number of nitrogens with one attached hydrogen (secondary N) is 2. The molecule has 0 radical (unpaired) electrons. The molecular weight excluding hydrogens is 226 g/mol. The monoisotopic (exact) mass is 243 g/mol. The number of anilines is 1. The zero-order valence-electron chi connectivity index (χ0n) is 9.58. The second-order valence-electron chi connectivity index (χ2n) is 3.21. The first-order valence-corrected chi connectivity index (χ1v) is 6.12. The number of carbonyl (C=O) groups excluding carboxylic acids is 1. The zero-order chi connectivity index (χ0) is 11.8. The summed E-state index contributed by atoms with van der Waals surface area (Å²) in [5.41, 5.74) is 0.471. The van der Waals surface area contributed by atoms with Gasteiger partial charge in [0, 0.05) is 25.6 Å². The van der Waals surface area contributed by atoms with Gasteiger partial charge in [-0.05, 0) is 6.42 Å². The first kappa shape index (κ1) is 12.9. The lowest BCUT2D eigenvalue weighted by molar-refractivity contribution is 0.0949. The van der Waals surface area contributed by atoms with Crippen LogP contribution in [0.25, 0.3) is 0 Å². The molecule has 16 heavy (non-hydrogen) atoms. The molecule has 0 bridgehead atoms. The van der Waals surface area contributed by atoms with Gasteiger partial charge in [0.2, 0.25) is 0 Å². The van der Waals surface area contributed by atoms with Gasteiger partial charge in [0.05, 0.1) is 6.61 Å². The van der Waals surface area contributed by atoms with Crippen LogP contribution in [0, 0.1) is 0 Å². The van der Waals surface area contributed by atoms with E-state index < -0.39 is 0 Å².